The van der Waals surface area contributed by atoms with E-state index in [4.69, 9.17) is 4.74 Å². The molecule has 3 heteroatoms. The summed E-state index contributed by atoms with van der Waals surface area (Å²) in [5.41, 5.74) is 2.86. The van der Waals surface area contributed by atoms with Crippen LogP contribution in [0.1, 0.15) is 24.0 Å². The third-order valence-electron chi connectivity index (χ3n) is 3.68. The Morgan fingerprint density at radius 3 is 3.12 bits per heavy atom. The van der Waals surface area contributed by atoms with Crippen LogP contribution >= 0.6 is 0 Å². The second kappa shape index (κ2) is 5.07. The maximum Gasteiger partial charge on any atom is 0.119 e. The molecule has 1 aromatic rings. The molecular formula is C14H20N2O. The molecule has 2 aliphatic rings. The zero-order valence-electron chi connectivity index (χ0n) is 10.2. The lowest BCUT2D eigenvalue weighted by Gasteiger charge is -2.18. The summed E-state index contributed by atoms with van der Waals surface area (Å²) in [6.07, 6.45) is 3.65. The van der Waals surface area contributed by atoms with Crippen molar-refractivity contribution in [2.75, 3.05) is 19.7 Å². The van der Waals surface area contributed by atoms with Crippen molar-refractivity contribution < 1.29 is 4.74 Å². The summed E-state index contributed by atoms with van der Waals surface area (Å²) in [5, 5.41) is 6.84. The SMILES string of the molecule is c1cc2c(cc1OCC1CCCN1)CCNC2. The molecule has 1 saturated heterocycles. The summed E-state index contributed by atoms with van der Waals surface area (Å²) in [6, 6.07) is 7.05. The molecule has 0 radical (unpaired) electrons. The van der Waals surface area contributed by atoms with Crippen LogP contribution in [0.2, 0.25) is 0 Å². The Morgan fingerprint density at radius 2 is 2.24 bits per heavy atom. The standard InChI is InChI=1S/C14H20N2O/c1-2-13(16-6-1)10-17-14-4-3-12-9-15-7-5-11(12)8-14/h3-4,8,13,15-16H,1-2,5-7,9-10H2. The van der Waals surface area contributed by atoms with Crippen molar-refractivity contribution in [1.82, 2.24) is 10.6 Å². The van der Waals surface area contributed by atoms with Gasteiger partial charge in [0.05, 0.1) is 0 Å². The van der Waals surface area contributed by atoms with Crippen molar-refractivity contribution >= 4 is 0 Å². The molecule has 1 fully saturated rings. The van der Waals surface area contributed by atoms with Gasteiger partial charge in [-0.3, -0.25) is 0 Å². The predicted octanol–water partition coefficient (Wildman–Crippen LogP) is 1.46. The molecule has 0 aliphatic carbocycles. The summed E-state index contributed by atoms with van der Waals surface area (Å²) in [7, 11) is 0. The molecule has 0 aromatic heterocycles. The van der Waals surface area contributed by atoms with E-state index in [2.05, 4.69) is 28.8 Å². The molecule has 2 heterocycles. The van der Waals surface area contributed by atoms with Gasteiger partial charge in [-0.05, 0) is 55.6 Å². The minimum atomic E-state index is 0.549. The van der Waals surface area contributed by atoms with Crippen LogP contribution in [-0.4, -0.2) is 25.7 Å². The zero-order chi connectivity index (χ0) is 11.5. The van der Waals surface area contributed by atoms with E-state index in [1.807, 2.05) is 0 Å². The highest BCUT2D eigenvalue weighted by Crippen LogP contribution is 2.21. The molecule has 92 valence electrons. The van der Waals surface area contributed by atoms with Crippen LogP contribution in [0.5, 0.6) is 5.75 Å². The number of rotatable bonds is 3. The molecule has 3 nitrogen and oxygen atoms in total. The van der Waals surface area contributed by atoms with Gasteiger partial charge >= 0.3 is 0 Å². The molecule has 1 unspecified atom stereocenters. The van der Waals surface area contributed by atoms with E-state index in [1.165, 1.54) is 24.0 Å². The Labute approximate surface area is 103 Å². The van der Waals surface area contributed by atoms with Crippen molar-refractivity contribution in [2.45, 2.75) is 31.8 Å². The van der Waals surface area contributed by atoms with E-state index in [-0.39, 0.29) is 0 Å². The quantitative estimate of drug-likeness (QED) is 0.828. The average molecular weight is 232 g/mol. The fraction of sp³-hybridized carbons (Fsp3) is 0.571. The van der Waals surface area contributed by atoms with Gasteiger partial charge < -0.3 is 15.4 Å². The second-order valence-electron chi connectivity index (χ2n) is 4.96. The minimum absolute atomic E-state index is 0.549. The molecule has 0 bridgehead atoms. The third kappa shape index (κ3) is 2.61. The van der Waals surface area contributed by atoms with Crippen molar-refractivity contribution in [3.8, 4) is 5.75 Å². The second-order valence-corrected chi connectivity index (χ2v) is 4.96. The topological polar surface area (TPSA) is 33.3 Å². The largest absolute Gasteiger partial charge is 0.492 e. The van der Waals surface area contributed by atoms with Crippen LogP contribution in [0.25, 0.3) is 0 Å². The van der Waals surface area contributed by atoms with E-state index in [9.17, 15) is 0 Å². The van der Waals surface area contributed by atoms with E-state index in [0.29, 0.717) is 6.04 Å². The molecule has 17 heavy (non-hydrogen) atoms. The fourth-order valence-corrected chi connectivity index (χ4v) is 2.64. The zero-order valence-corrected chi connectivity index (χ0v) is 10.2. The first-order chi connectivity index (χ1) is 8.42. The van der Waals surface area contributed by atoms with Gasteiger partial charge in [0.25, 0.3) is 0 Å². The Bertz CT molecular complexity index is 386. The van der Waals surface area contributed by atoms with Gasteiger partial charge in [0.15, 0.2) is 0 Å². The van der Waals surface area contributed by atoms with Crippen LogP contribution in [0, 0.1) is 0 Å². The maximum atomic E-state index is 5.87. The van der Waals surface area contributed by atoms with E-state index in [1.54, 1.807) is 0 Å². The highest BCUT2D eigenvalue weighted by Gasteiger charge is 2.15. The summed E-state index contributed by atoms with van der Waals surface area (Å²) in [6.45, 7) is 4.03. The molecule has 1 atom stereocenters. The molecule has 2 aliphatic heterocycles. The Balaban J connectivity index is 1.62. The van der Waals surface area contributed by atoms with Gasteiger partial charge in [0, 0.05) is 12.6 Å². The molecule has 3 rings (SSSR count). The summed E-state index contributed by atoms with van der Waals surface area (Å²) < 4.78 is 5.87. The normalized spacial score (nSPS) is 23.4. The van der Waals surface area contributed by atoms with E-state index in [0.717, 1.165) is 38.4 Å². The van der Waals surface area contributed by atoms with Crippen LogP contribution in [0.15, 0.2) is 18.2 Å². The first-order valence-electron chi connectivity index (χ1n) is 6.60. The number of ether oxygens (including phenoxy) is 1. The summed E-state index contributed by atoms with van der Waals surface area (Å²) >= 11 is 0. The number of nitrogens with one attached hydrogen (secondary N) is 2. The van der Waals surface area contributed by atoms with Crippen molar-refractivity contribution in [3.63, 3.8) is 0 Å². The maximum absolute atomic E-state index is 5.87. The van der Waals surface area contributed by atoms with E-state index >= 15 is 0 Å². The van der Waals surface area contributed by atoms with Gasteiger partial charge in [0.2, 0.25) is 0 Å². The molecule has 1 aromatic carbocycles. The number of benzene rings is 1. The van der Waals surface area contributed by atoms with Gasteiger partial charge in [0.1, 0.15) is 12.4 Å². The highest BCUT2D eigenvalue weighted by atomic mass is 16.5. The Hall–Kier alpha value is -1.06. The van der Waals surface area contributed by atoms with Crippen molar-refractivity contribution in [1.29, 1.82) is 0 Å². The first-order valence-corrected chi connectivity index (χ1v) is 6.60. The van der Waals surface area contributed by atoms with Crippen LogP contribution < -0.4 is 15.4 Å². The monoisotopic (exact) mass is 232 g/mol. The first kappa shape index (κ1) is 11.1. The Kier molecular flexibility index (Phi) is 3.29. The summed E-state index contributed by atoms with van der Waals surface area (Å²) in [4.78, 5) is 0. The van der Waals surface area contributed by atoms with Gasteiger partial charge in [-0.25, -0.2) is 0 Å². The van der Waals surface area contributed by atoms with Crippen LogP contribution in [-0.2, 0) is 13.0 Å². The molecular weight excluding hydrogens is 212 g/mol. The fourth-order valence-electron chi connectivity index (χ4n) is 2.64. The van der Waals surface area contributed by atoms with Crippen LogP contribution in [0.4, 0.5) is 0 Å². The Morgan fingerprint density at radius 1 is 1.24 bits per heavy atom. The smallest absolute Gasteiger partial charge is 0.119 e. The van der Waals surface area contributed by atoms with Gasteiger partial charge in [-0.1, -0.05) is 6.07 Å². The number of hydrogen-bond acceptors (Lipinski definition) is 3. The molecule has 2 N–H and O–H groups in total. The molecule has 0 saturated carbocycles. The lowest BCUT2D eigenvalue weighted by atomic mass is 10.0. The number of fused-ring (bicyclic) bond motifs is 1. The predicted molar refractivity (Wildman–Crippen MR) is 68.4 cm³/mol. The minimum Gasteiger partial charge on any atom is -0.492 e. The van der Waals surface area contributed by atoms with Gasteiger partial charge in [-0.2, -0.15) is 0 Å². The number of hydrogen-bond donors (Lipinski definition) is 2. The molecule has 0 spiro atoms. The molecule has 0 amide bonds. The average Bonchev–Trinajstić information content (AvgIpc) is 2.89. The highest BCUT2D eigenvalue weighted by molar-refractivity contribution is 5.37. The van der Waals surface area contributed by atoms with Crippen LogP contribution in [0.3, 0.4) is 0 Å². The van der Waals surface area contributed by atoms with Crippen molar-refractivity contribution in [2.24, 2.45) is 0 Å². The third-order valence-corrected chi connectivity index (χ3v) is 3.68. The lowest BCUT2D eigenvalue weighted by molar-refractivity contribution is 0.277. The van der Waals surface area contributed by atoms with Gasteiger partial charge in [-0.15, -0.1) is 0 Å². The lowest BCUT2D eigenvalue weighted by Crippen LogP contribution is -2.28. The van der Waals surface area contributed by atoms with Crippen molar-refractivity contribution in [3.05, 3.63) is 29.3 Å². The van der Waals surface area contributed by atoms with E-state index < -0.39 is 0 Å². The summed E-state index contributed by atoms with van der Waals surface area (Å²) in [5.74, 6) is 1.03.